The Bertz CT molecular complexity index is 1330. The van der Waals surface area contributed by atoms with Crippen LogP contribution in [-0.4, -0.2) is 42.3 Å². The van der Waals surface area contributed by atoms with Crippen LogP contribution in [0.3, 0.4) is 0 Å². The van der Waals surface area contributed by atoms with Gasteiger partial charge in [-0.15, -0.1) is 10.2 Å². The predicted molar refractivity (Wildman–Crippen MR) is 112 cm³/mol. The predicted octanol–water partition coefficient (Wildman–Crippen LogP) is 3.08. The van der Waals surface area contributed by atoms with Gasteiger partial charge in [-0.05, 0) is 25.0 Å². The van der Waals surface area contributed by atoms with Gasteiger partial charge in [0.15, 0.2) is 10.3 Å². The summed E-state index contributed by atoms with van der Waals surface area (Å²) >= 11 is 1.29. The van der Waals surface area contributed by atoms with E-state index in [1.54, 1.807) is 31.0 Å². The number of nitrogens with zero attached hydrogens (tertiary/aromatic N) is 6. The minimum Gasteiger partial charge on any atom is -0.419 e. The summed E-state index contributed by atoms with van der Waals surface area (Å²) in [6.07, 6.45) is 1.12. The van der Waals surface area contributed by atoms with E-state index in [-0.39, 0.29) is 28.8 Å². The molecule has 0 radical (unpaired) electrons. The van der Waals surface area contributed by atoms with E-state index in [0.29, 0.717) is 28.0 Å². The van der Waals surface area contributed by atoms with Crippen molar-refractivity contribution in [1.29, 1.82) is 0 Å². The molecule has 1 atom stereocenters. The van der Waals surface area contributed by atoms with Gasteiger partial charge in [-0.1, -0.05) is 29.5 Å². The number of aryl methyl sites for hydroxylation is 1. The summed E-state index contributed by atoms with van der Waals surface area (Å²) in [7, 11) is 1.59. The zero-order valence-electron chi connectivity index (χ0n) is 16.8. The molecule has 1 aromatic carbocycles. The van der Waals surface area contributed by atoms with Crippen LogP contribution in [-0.2, 0) is 7.05 Å². The lowest BCUT2D eigenvalue weighted by Gasteiger charge is -2.22. The number of carbonyl (C=O) groups is 1. The van der Waals surface area contributed by atoms with Crippen LogP contribution < -0.4 is 10.3 Å². The maximum Gasteiger partial charge on any atom is 0.415 e. The molecule has 158 valence electrons. The fourth-order valence-corrected chi connectivity index (χ4v) is 4.66. The van der Waals surface area contributed by atoms with E-state index in [9.17, 15) is 9.59 Å². The van der Waals surface area contributed by atoms with E-state index >= 15 is 0 Å². The fourth-order valence-electron chi connectivity index (χ4n) is 3.58. The third kappa shape index (κ3) is 3.46. The Balaban J connectivity index is 1.49. The minimum absolute atomic E-state index is 0.169. The maximum atomic E-state index is 12.9. The highest BCUT2D eigenvalue weighted by Crippen LogP contribution is 2.36. The number of hydrogen-bond acceptors (Lipinski definition) is 9. The average molecular weight is 438 g/mol. The summed E-state index contributed by atoms with van der Waals surface area (Å²) in [5.74, 6) is 1.31. The number of para-hydroxylation sites is 1. The number of thiazole rings is 1. The zero-order chi connectivity index (χ0) is 21.5. The van der Waals surface area contributed by atoms with Crippen molar-refractivity contribution in [1.82, 2.24) is 29.6 Å². The SMILES string of the molecule is Cc1nnc(-c2nc3sc([C@H]4CCCN4C(=O)Oc4ccccc4)nc3c(=O)n2C)o1. The van der Waals surface area contributed by atoms with Crippen molar-refractivity contribution in [3.63, 3.8) is 0 Å². The molecule has 0 bridgehead atoms. The van der Waals surface area contributed by atoms with E-state index in [1.165, 1.54) is 15.9 Å². The second-order valence-electron chi connectivity index (χ2n) is 7.16. The fraction of sp³-hybridized carbons (Fsp3) is 0.300. The van der Waals surface area contributed by atoms with Gasteiger partial charge in [0.2, 0.25) is 11.7 Å². The molecule has 0 N–H and O–H groups in total. The van der Waals surface area contributed by atoms with Gasteiger partial charge in [-0.3, -0.25) is 14.3 Å². The van der Waals surface area contributed by atoms with Crippen molar-refractivity contribution in [2.45, 2.75) is 25.8 Å². The van der Waals surface area contributed by atoms with Crippen molar-refractivity contribution in [3.05, 3.63) is 51.6 Å². The zero-order valence-corrected chi connectivity index (χ0v) is 17.6. The Morgan fingerprint density at radius 1 is 1.23 bits per heavy atom. The summed E-state index contributed by atoms with van der Waals surface area (Å²) in [5, 5.41) is 8.42. The molecule has 10 nitrogen and oxygen atoms in total. The molecule has 1 saturated heterocycles. The number of hydrogen-bond donors (Lipinski definition) is 0. The number of aromatic nitrogens is 5. The number of carbonyl (C=O) groups excluding carboxylic acids is 1. The lowest BCUT2D eigenvalue weighted by atomic mass is 10.2. The summed E-state index contributed by atoms with van der Waals surface area (Å²) < 4.78 is 12.3. The number of benzene rings is 1. The quantitative estimate of drug-likeness (QED) is 0.479. The molecule has 0 spiro atoms. The van der Waals surface area contributed by atoms with E-state index in [1.807, 2.05) is 18.2 Å². The van der Waals surface area contributed by atoms with Gasteiger partial charge in [-0.25, -0.2) is 14.8 Å². The molecule has 0 unspecified atom stereocenters. The molecule has 4 heterocycles. The van der Waals surface area contributed by atoms with Crippen LogP contribution in [0.15, 0.2) is 39.5 Å². The van der Waals surface area contributed by atoms with Crippen LogP contribution in [0.1, 0.15) is 29.8 Å². The second kappa shape index (κ2) is 7.58. The number of amides is 1. The standard InChI is InChI=1S/C20H18N6O4S/c1-11-23-24-16(29-11)15-22-18-14(19(27)25(15)2)21-17(31-18)13-9-6-10-26(13)20(28)30-12-7-4-3-5-8-12/h3-5,7-8,13H,6,9-10H2,1-2H3/t13-/m1/s1. The Morgan fingerprint density at radius 2 is 2.03 bits per heavy atom. The highest BCUT2D eigenvalue weighted by Gasteiger charge is 2.34. The summed E-state index contributed by atoms with van der Waals surface area (Å²) in [6, 6.07) is 8.66. The lowest BCUT2D eigenvalue weighted by molar-refractivity contribution is 0.147. The van der Waals surface area contributed by atoms with Crippen LogP contribution in [0.25, 0.3) is 22.1 Å². The highest BCUT2D eigenvalue weighted by atomic mass is 32.1. The van der Waals surface area contributed by atoms with Crippen molar-refractivity contribution in [2.75, 3.05) is 6.54 Å². The van der Waals surface area contributed by atoms with Gasteiger partial charge < -0.3 is 9.15 Å². The molecule has 0 aliphatic carbocycles. The molecule has 1 amide bonds. The van der Waals surface area contributed by atoms with Gasteiger partial charge >= 0.3 is 6.09 Å². The first-order valence-electron chi connectivity index (χ1n) is 9.72. The van der Waals surface area contributed by atoms with Gasteiger partial charge in [0.25, 0.3) is 11.4 Å². The van der Waals surface area contributed by atoms with Crippen molar-refractivity contribution < 1.29 is 13.9 Å². The number of rotatable bonds is 3. The third-order valence-electron chi connectivity index (χ3n) is 5.10. The van der Waals surface area contributed by atoms with Crippen LogP contribution in [0.2, 0.25) is 0 Å². The molecule has 11 heteroatoms. The van der Waals surface area contributed by atoms with Crippen molar-refractivity contribution in [3.8, 4) is 17.5 Å². The molecule has 5 rings (SSSR count). The van der Waals surface area contributed by atoms with Crippen LogP contribution in [0.5, 0.6) is 5.75 Å². The van der Waals surface area contributed by atoms with Crippen LogP contribution in [0, 0.1) is 6.92 Å². The monoisotopic (exact) mass is 438 g/mol. The van der Waals surface area contributed by atoms with Gasteiger partial charge in [0.05, 0.1) is 6.04 Å². The lowest BCUT2D eigenvalue weighted by Crippen LogP contribution is -2.33. The Labute approximate surface area is 180 Å². The molecule has 1 aliphatic heterocycles. The molecular formula is C20H18N6O4S. The Hall–Kier alpha value is -3.60. The van der Waals surface area contributed by atoms with E-state index in [0.717, 1.165) is 12.8 Å². The van der Waals surface area contributed by atoms with E-state index in [2.05, 4.69) is 20.2 Å². The van der Waals surface area contributed by atoms with E-state index < -0.39 is 6.09 Å². The Morgan fingerprint density at radius 3 is 2.77 bits per heavy atom. The van der Waals surface area contributed by atoms with Gasteiger partial charge in [0, 0.05) is 20.5 Å². The van der Waals surface area contributed by atoms with Crippen LogP contribution in [0.4, 0.5) is 4.79 Å². The van der Waals surface area contributed by atoms with Crippen molar-refractivity contribution in [2.24, 2.45) is 7.05 Å². The molecular weight excluding hydrogens is 420 g/mol. The summed E-state index contributed by atoms with van der Waals surface area (Å²) in [5.41, 5.74) is -0.0551. The first-order valence-corrected chi connectivity index (χ1v) is 10.5. The number of fused-ring (bicyclic) bond motifs is 1. The average Bonchev–Trinajstić information content (AvgIpc) is 3.50. The van der Waals surface area contributed by atoms with Crippen LogP contribution >= 0.6 is 11.3 Å². The van der Waals surface area contributed by atoms with E-state index in [4.69, 9.17) is 9.15 Å². The number of ether oxygens (including phenoxy) is 1. The second-order valence-corrected chi connectivity index (χ2v) is 8.17. The topological polar surface area (TPSA) is 116 Å². The summed E-state index contributed by atoms with van der Waals surface area (Å²) in [6.45, 7) is 2.23. The highest BCUT2D eigenvalue weighted by molar-refractivity contribution is 7.18. The smallest absolute Gasteiger partial charge is 0.415 e. The molecule has 3 aromatic heterocycles. The van der Waals surface area contributed by atoms with Gasteiger partial charge in [0.1, 0.15) is 10.8 Å². The van der Waals surface area contributed by atoms with Gasteiger partial charge in [-0.2, -0.15) is 0 Å². The Kier molecular flexibility index (Phi) is 4.74. The maximum absolute atomic E-state index is 12.9. The molecule has 1 aliphatic rings. The largest absolute Gasteiger partial charge is 0.419 e. The van der Waals surface area contributed by atoms with Crippen molar-refractivity contribution >= 4 is 27.8 Å². The summed E-state index contributed by atoms with van der Waals surface area (Å²) in [4.78, 5) is 36.8. The molecule has 4 aromatic rings. The normalized spacial score (nSPS) is 16.2. The first kappa shape index (κ1) is 19.4. The first-order chi connectivity index (χ1) is 15.0. The minimum atomic E-state index is -0.434. The molecule has 31 heavy (non-hydrogen) atoms. The molecule has 0 saturated carbocycles. The number of likely N-dealkylation sites (tertiary alicyclic amines) is 1. The third-order valence-corrected chi connectivity index (χ3v) is 6.15. The molecule has 1 fully saturated rings.